The Hall–Kier alpha value is -1.61. The first-order chi connectivity index (χ1) is 8.27. The van der Waals surface area contributed by atoms with Crippen molar-refractivity contribution in [3.63, 3.8) is 0 Å². The molecule has 0 amide bonds. The molecule has 2 aromatic rings. The normalized spacial score (nSPS) is 10.2. The average molecular weight is 246 g/mol. The van der Waals surface area contributed by atoms with Crippen molar-refractivity contribution in [1.29, 1.82) is 0 Å². The summed E-state index contributed by atoms with van der Waals surface area (Å²) in [4.78, 5) is 11.8. The third-order valence-electron chi connectivity index (χ3n) is 2.31. The predicted molar refractivity (Wildman–Crippen MR) is 68.5 cm³/mol. The SMILES string of the molecule is O=C(SCc1ccccc1)c1ccccc1F. The molecule has 2 aromatic carbocycles. The van der Waals surface area contributed by atoms with Crippen molar-refractivity contribution in [2.24, 2.45) is 0 Å². The molecule has 0 saturated carbocycles. The highest BCUT2D eigenvalue weighted by atomic mass is 32.2. The fourth-order valence-electron chi connectivity index (χ4n) is 1.43. The molecule has 0 N–H and O–H groups in total. The molecule has 0 aliphatic heterocycles. The molecular formula is C14H11FOS. The van der Waals surface area contributed by atoms with Crippen molar-refractivity contribution < 1.29 is 9.18 Å². The van der Waals surface area contributed by atoms with Gasteiger partial charge in [0.2, 0.25) is 5.12 Å². The molecule has 0 fully saturated rings. The molecule has 1 nitrogen and oxygen atoms in total. The van der Waals surface area contributed by atoms with Crippen LogP contribution < -0.4 is 0 Å². The number of thioether (sulfide) groups is 1. The molecule has 0 radical (unpaired) electrons. The first-order valence-electron chi connectivity index (χ1n) is 5.23. The molecule has 0 unspecified atom stereocenters. The summed E-state index contributed by atoms with van der Waals surface area (Å²) < 4.78 is 13.3. The second-order valence-corrected chi connectivity index (χ2v) is 4.49. The number of hydrogen-bond donors (Lipinski definition) is 0. The zero-order valence-electron chi connectivity index (χ0n) is 9.10. The van der Waals surface area contributed by atoms with E-state index in [2.05, 4.69) is 0 Å². The van der Waals surface area contributed by atoms with Gasteiger partial charge >= 0.3 is 0 Å². The van der Waals surface area contributed by atoms with Gasteiger partial charge in [-0.25, -0.2) is 4.39 Å². The van der Waals surface area contributed by atoms with Gasteiger partial charge in [-0.2, -0.15) is 0 Å². The van der Waals surface area contributed by atoms with Crippen LogP contribution in [0.3, 0.4) is 0 Å². The predicted octanol–water partition coefficient (Wildman–Crippen LogP) is 3.90. The molecule has 0 aliphatic carbocycles. The van der Waals surface area contributed by atoms with Crippen LogP contribution in [0.15, 0.2) is 54.6 Å². The van der Waals surface area contributed by atoms with E-state index in [4.69, 9.17) is 0 Å². The van der Waals surface area contributed by atoms with E-state index < -0.39 is 5.82 Å². The topological polar surface area (TPSA) is 17.1 Å². The van der Waals surface area contributed by atoms with Gasteiger partial charge in [-0.05, 0) is 17.7 Å². The maximum absolute atomic E-state index is 13.3. The number of carbonyl (C=O) groups excluding carboxylic acids is 1. The van der Waals surface area contributed by atoms with Gasteiger partial charge in [0.1, 0.15) is 5.82 Å². The van der Waals surface area contributed by atoms with Gasteiger partial charge in [-0.3, -0.25) is 4.79 Å². The van der Waals surface area contributed by atoms with Crippen LogP contribution in [0.5, 0.6) is 0 Å². The number of halogens is 1. The minimum absolute atomic E-state index is 0.147. The molecule has 0 bridgehead atoms. The Balaban J connectivity index is 2.01. The zero-order chi connectivity index (χ0) is 12.1. The third kappa shape index (κ3) is 3.17. The maximum Gasteiger partial charge on any atom is 0.222 e. The summed E-state index contributed by atoms with van der Waals surface area (Å²) in [7, 11) is 0. The lowest BCUT2D eigenvalue weighted by molar-refractivity contribution is 0.108. The molecule has 17 heavy (non-hydrogen) atoms. The van der Waals surface area contributed by atoms with Crippen molar-refractivity contribution >= 4 is 16.9 Å². The van der Waals surface area contributed by atoms with Crippen molar-refractivity contribution in [2.75, 3.05) is 0 Å². The van der Waals surface area contributed by atoms with Gasteiger partial charge in [-0.1, -0.05) is 54.2 Å². The summed E-state index contributed by atoms with van der Waals surface area (Å²) in [5, 5.41) is -0.230. The van der Waals surface area contributed by atoms with E-state index in [0.29, 0.717) is 5.75 Å². The van der Waals surface area contributed by atoms with Gasteiger partial charge < -0.3 is 0 Å². The Labute approximate surface area is 104 Å². The zero-order valence-corrected chi connectivity index (χ0v) is 9.91. The molecule has 0 heterocycles. The first-order valence-corrected chi connectivity index (χ1v) is 6.21. The van der Waals surface area contributed by atoms with Crippen LogP contribution in [-0.2, 0) is 5.75 Å². The smallest absolute Gasteiger partial charge is 0.222 e. The van der Waals surface area contributed by atoms with Crippen LogP contribution in [0.4, 0.5) is 4.39 Å². The van der Waals surface area contributed by atoms with Crippen LogP contribution >= 0.6 is 11.8 Å². The van der Waals surface area contributed by atoms with E-state index in [1.54, 1.807) is 12.1 Å². The largest absolute Gasteiger partial charge is 0.281 e. The molecule has 2 rings (SSSR count). The van der Waals surface area contributed by atoms with E-state index in [1.807, 2.05) is 30.3 Å². The van der Waals surface area contributed by atoms with Crippen LogP contribution in [-0.4, -0.2) is 5.12 Å². The number of carbonyl (C=O) groups is 1. The Morgan fingerprint density at radius 2 is 1.65 bits per heavy atom. The summed E-state index contributed by atoms with van der Waals surface area (Å²) in [6, 6.07) is 15.7. The number of benzene rings is 2. The number of hydrogen-bond acceptors (Lipinski definition) is 2. The lowest BCUT2D eigenvalue weighted by Gasteiger charge is -2.02. The summed E-state index contributed by atoms with van der Waals surface area (Å²) in [5.41, 5.74) is 1.20. The second-order valence-electron chi connectivity index (χ2n) is 3.54. The second kappa shape index (κ2) is 5.64. The fourth-order valence-corrected chi connectivity index (χ4v) is 2.24. The van der Waals surface area contributed by atoms with E-state index in [1.165, 1.54) is 12.1 Å². The van der Waals surface area contributed by atoms with Gasteiger partial charge in [0.15, 0.2) is 0 Å². The standard InChI is InChI=1S/C14H11FOS/c15-13-9-5-4-8-12(13)14(16)17-10-11-6-2-1-3-7-11/h1-9H,10H2. The summed E-state index contributed by atoms with van der Waals surface area (Å²) in [6.07, 6.45) is 0. The minimum atomic E-state index is -0.460. The maximum atomic E-state index is 13.3. The average Bonchev–Trinajstić information content (AvgIpc) is 2.38. The van der Waals surface area contributed by atoms with Crippen LogP contribution in [0.2, 0.25) is 0 Å². The molecule has 0 saturated heterocycles. The lowest BCUT2D eigenvalue weighted by Crippen LogP contribution is -1.97. The minimum Gasteiger partial charge on any atom is -0.281 e. The Morgan fingerprint density at radius 3 is 2.35 bits per heavy atom. The fraction of sp³-hybridized carbons (Fsp3) is 0.0714. The molecule has 0 aliphatic rings. The number of rotatable bonds is 3. The Kier molecular flexibility index (Phi) is 3.94. The van der Waals surface area contributed by atoms with Gasteiger partial charge in [0.05, 0.1) is 5.56 Å². The molecule has 0 atom stereocenters. The van der Waals surface area contributed by atoms with E-state index in [9.17, 15) is 9.18 Å². The van der Waals surface area contributed by atoms with E-state index in [-0.39, 0.29) is 10.7 Å². The van der Waals surface area contributed by atoms with Gasteiger partial charge in [-0.15, -0.1) is 0 Å². The first kappa shape index (κ1) is 11.9. The Bertz CT molecular complexity index is 511. The summed E-state index contributed by atoms with van der Waals surface area (Å²) >= 11 is 1.12. The molecule has 86 valence electrons. The van der Waals surface area contributed by atoms with Crippen LogP contribution in [0.25, 0.3) is 0 Å². The Morgan fingerprint density at radius 1 is 1.00 bits per heavy atom. The monoisotopic (exact) mass is 246 g/mol. The third-order valence-corrected chi connectivity index (χ3v) is 3.27. The quantitative estimate of drug-likeness (QED) is 0.817. The molecule has 3 heteroatoms. The van der Waals surface area contributed by atoms with Crippen LogP contribution in [0.1, 0.15) is 15.9 Å². The lowest BCUT2D eigenvalue weighted by atomic mass is 10.2. The van der Waals surface area contributed by atoms with E-state index in [0.717, 1.165) is 17.3 Å². The van der Waals surface area contributed by atoms with E-state index >= 15 is 0 Å². The highest BCUT2D eigenvalue weighted by molar-refractivity contribution is 8.13. The molecular weight excluding hydrogens is 235 g/mol. The van der Waals surface area contributed by atoms with Crippen molar-refractivity contribution in [3.05, 3.63) is 71.5 Å². The van der Waals surface area contributed by atoms with Gasteiger partial charge in [0.25, 0.3) is 0 Å². The van der Waals surface area contributed by atoms with Crippen molar-refractivity contribution in [1.82, 2.24) is 0 Å². The highest BCUT2D eigenvalue weighted by Crippen LogP contribution is 2.19. The van der Waals surface area contributed by atoms with Crippen molar-refractivity contribution in [2.45, 2.75) is 5.75 Å². The van der Waals surface area contributed by atoms with Crippen LogP contribution in [0, 0.1) is 5.82 Å². The summed E-state index contributed by atoms with van der Waals surface area (Å²) in [5.74, 6) is 0.103. The molecule has 0 spiro atoms. The highest BCUT2D eigenvalue weighted by Gasteiger charge is 2.11. The summed E-state index contributed by atoms with van der Waals surface area (Å²) in [6.45, 7) is 0. The molecule has 0 aromatic heterocycles. The van der Waals surface area contributed by atoms with Crippen molar-refractivity contribution in [3.8, 4) is 0 Å². The van der Waals surface area contributed by atoms with Gasteiger partial charge in [0, 0.05) is 5.75 Å².